The average molecular weight is 329 g/mol. The van der Waals surface area contributed by atoms with Crippen molar-refractivity contribution in [1.82, 2.24) is 0 Å². The first-order chi connectivity index (χ1) is 11.1. The van der Waals surface area contributed by atoms with Crippen molar-refractivity contribution in [1.29, 1.82) is 0 Å². The van der Waals surface area contributed by atoms with Crippen LogP contribution in [0.4, 0.5) is 5.69 Å². The minimum absolute atomic E-state index is 0.0857. The molecule has 118 valence electrons. The number of aromatic hydroxyl groups is 1. The Kier molecular flexibility index (Phi) is 4.25. The zero-order chi connectivity index (χ0) is 16.4. The van der Waals surface area contributed by atoms with Crippen molar-refractivity contribution in [2.75, 3.05) is 17.8 Å². The summed E-state index contributed by atoms with van der Waals surface area (Å²) in [6.45, 7) is 0. The highest BCUT2D eigenvalue weighted by atomic mass is 32.2. The number of amides is 1. The van der Waals surface area contributed by atoms with E-state index >= 15 is 0 Å². The molecule has 1 atom stereocenters. The Balaban J connectivity index is 2.00. The van der Waals surface area contributed by atoms with Crippen LogP contribution in [-0.4, -0.2) is 35.0 Å². The highest BCUT2D eigenvalue weighted by Crippen LogP contribution is 2.38. The molecule has 2 aromatic carbocycles. The summed E-state index contributed by atoms with van der Waals surface area (Å²) >= 11 is 1.24. The van der Waals surface area contributed by atoms with Gasteiger partial charge in [-0.05, 0) is 24.3 Å². The Bertz CT molecular complexity index is 762. The maximum atomic E-state index is 12.8. The number of thioether (sulfide) groups is 1. The van der Waals surface area contributed by atoms with Crippen LogP contribution < -0.4 is 9.64 Å². The van der Waals surface area contributed by atoms with Crippen molar-refractivity contribution in [3.8, 4) is 11.5 Å². The second-order valence-electron chi connectivity index (χ2n) is 4.98. The van der Waals surface area contributed by atoms with E-state index in [2.05, 4.69) is 0 Å². The number of Topliss-reactive ketones (excluding diaryl/α,β-unsaturated/α-hetero) is 1. The number of rotatable bonds is 4. The van der Waals surface area contributed by atoms with Crippen LogP contribution in [0.25, 0.3) is 0 Å². The second kappa shape index (κ2) is 6.34. The molecule has 0 saturated carbocycles. The van der Waals surface area contributed by atoms with Crippen LogP contribution in [0.15, 0.2) is 48.5 Å². The topological polar surface area (TPSA) is 66.8 Å². The van der Waals surface area contributed by atoms with Gasteiger partial charge in [0.05, 0.1) is 24.1 Å². The van der Waals surface area contributed by atoms with Crippen LogP contribution in [0.3, 0.4) is 0 Å². The van der Waals surface area contributed by atoms with E-state index in [1.54, 1.807) is 42.5 Å². The Hall–Kier alpha value is -2.47. The van der Waals surface area contributed by atoms with Crippen molar-refractivity contribution in [3.05, 3.63) is 54.1 Å². The van der Waals surface area contributed by atoms with Crippen LogP contribution in [0.2, 0.25) is 0 Å². The molecule has 0 bridgehead atoms. The molecule has 6 heteroatoms. The Morgan fingerprint density at radius 3 is 2.65 bits per heavy atom. The molecule has 0 radical (unpaired) electrons. The van der Waals surface area contributed by atoms with Gasteiger partial charge in [0, 0.05) is 0 Å². The molecule has 1 heterocycles. The first kappa shape index (κ1) is 15.4. The van der Waals surface area contributed by atoms with Gasteiger partial charge in [0.1, 0.15) is 16.9 Å². The highest BCUT2D eigenvalue weighted by Gasteiger charge is 2.40. The van der Waals surface area contributed by atoms with Gasteiger partial charge < -0.3 is 9.84 Å². The number of ketones is 1. The summed E-state index contributed by atoms with van der Waals surface area (Å²) in [5.41, 5.74) is 0.762. The van der Waals surface area contributed by atoms with Crippen LogP contribution in [0, 0.1) is 0 Å². The molecule has 1 N–H and O–H groups in total. The van der Waals surface area contributed by atoms with Crippen molar-refractivity contribution in [3.63, 3.8) is 0 Å². The number of ether oxygens (including phenoxy) is 1. The third kappa shape index (κ3) is 2.77. The van der Waals surface area contributed by atoms with E-state index in [1.165, 1.54) is 29.8 Å². The number of carbonyl (C=O) groups is 2. The van der Waals surface area contributed by atoms with Crippen molar-refractivity contribution in [2.45, 2.75) is 5.37 Å². The van der Waals surface area contributed by atoms with Gasteiger partial charge in [-0.1, -0.05) is 24.3 Å². The van der Waals surface area contributed by atoms with Crippen LogP contribution in [0.1, 0.15) is 10.4 Å². The average Bonchev–Trinajstić information content (AvgIpc) is 2.96. The molecular weight excluding hydrogens is 314 g/mol. The summed E-state index contributed by atoms with van der Waals surface area (Å²) in [5, 5.41) is 9.19. The maximum Gasteiger partial charge on any atom is 0.238 e. The lowest BCUT2D eigenvalue weighted by atomic mass is 10.1. The van der Waals surface area contributed by atoms with Gasteiger partial charge in [0.15, 0.2) is 5.78 Å². The third-order valence-corrected chi connectivity index (χ3v) is 4.76. The zero-order valence-electron chi connectivity index (χ0n) is 12.4. The molecule has 1 aliphatic heterocycles. The lowest BCUT2D eigenvalue weighted by Crippen LogP contribution is -2.38. The Morgan fingerprint density at radius 1 is 1.22 bits per heavy atom. The molecule has 3 rings (SSSR count). The summed E-state index contributed by atoms with van der Waals surface area (Å²) < 4.78 is 5.30. The van der Waals surface area contributed by atoms with E-state index in [0.29, 0.717) is 11.4 Å². The monoisotopic (exact) mass is 329 g/mol. The fourth-order valence-electron chi connectivity index (χ4n) is 2.52. The van der Waals surface area contributed by atoms with Gasteiger partial charge in [-0.2, -0.15) is 0 Å². The number of hydrogen-bond acceptors (Lipinski definition) is 5. The van der Waals surface area contributed by atoms with E-state index in [0.717, 1.165) is 0 Å². The zero-order valence-corrected chi connectivity index (χ0v) is 13.2. The van der Waals surface area contributed by atoms with E-state index in [-0.39, 0.29) is 28.8 Å². The molecule has 0 aromatic heterocycles. The number of phenolic OH excluding ortho intramolecular Hbond substituents is 1. The van der Waals surface area contributed by atoms with Gasteiger partial charge in [0.25, 0.3) is 0 Å². The number of methoxy groups -OCH3 is 1. The highest BCUT2D eigenvalue weighted by molar-refractivity contribution is 8.02. The van der Waals surface area contributed by atoms with E-state index in [4.69, 9.17) is 4.74 Å². The number of phenols is 1. The van der Waals surface area contributed by atoms with Crippen LogP contribution in [0.5, 0.6) is 11.5 Å². The van der Waals surface area contributed by atoms with Gasteiger partial charge in [-0.3, -0.25) is 14.5 Å². The molecule has 1 saturated heterocycles. The number of nitrogens with zero attached hydrogens (tertiary/aromatic N) is 1. The van der Waals surface area contributed by atoms with Crippen molar-refractivity contribution < 1.29 is 19.4 Å². The van der Waals surface area contributed by atoms with E-state index in [1.807, 2.05) is 0 Å². The van der Waals surface area contributed by atoms with Gasteiger partial charge in [-0.15, -0.1) is 11.8 Å². The molecule has 2 aromatic rings. The quantitative estimate of drug-likeness (QED) is 0.874. The fourth-order valence-corrected chi connectivity index (χ4v) is 3.62. The summed E-state index contributed by atoms with van der Waals surface area (Å²) in [6, 6.07) is 13.4. The first-order valence-electron chi connectivity index (χ1n) is 7.02. The number of para-hydroxylation sites is 3. The molecule has 23 heavy (non-hydrogen) atoms. The maximum absolute atomic E-state index is 12.8. The van der Waals surface area contributed by atoms with Gasteiger partial charge in [-0.25, -0.2) is 0 Å². The predicted molar refractivity (Wildman–Crippen MR) is 89.2 cm³/mol. The minimum atomic E-state index is -0.716. The standard InChI is InChI=1S/C17H15NO4S/c1-22-14-9-5-3-7-12(14)18-15(20)10-23-17(18)16(21)11-6-2-4-8-13(11)19/h2-9,17,19H,10H2,1H3. The smallest absolute Gasteiger partial charge is 0.238 e. The molecule has 1 unspecified atom stereocenters. The van der Waals surface area contributed by atoms with E-state index in [9.17, 15) is 14.7 Å². The van der Waals surface area contributed by atoms with Crippen molar-refractivity contribution >= 4 is 29.1 Å². The number of anilines is 1. The molecule has 0 aliphatic carbocycles. The SMILES string of the molecule is COc1ccccc1N1C(=O)CSC1C(=O)c1ccccc1O. The summed E-state index contributed by atoms with van der Waals surface area (Å²) in [5.74, 6) is 0.191. The van der Waals surface area contributed by atoms with Crippen LogP contribution in [-0.2, 0) is 4.79 Å². The number of benzene rings is 2. The molecule has 5 nitrogen and oxygen atoms in total. The molecular formula is C17H15NO4S. The number of hydrogen-bond donors (Lipinski definition) is 1. The minimum Gasteiger partial charge on any atom is -0.507 e. The lowest BCUT2D eigenvalue weighted by Gasteiger charge is -2.24. The summed E-state index contributed by atoms with van der Waals surface area (Å²) in [4.78, 5) is 26.5. The molecule has 0 spiro atoms. The largest absolute Gasteiger partial charge is 0.507 e. The van der Waals surface area contributed by atoms with Crippen molar-refractivity contribution in [2.24, 2.45) is 0 Å². The van der Waals surface area contributed by atoms with Gasteiger partial charge in [0.2, 0.25) is 5.91 Å². The first-order valence-corrected chi connectivity index (χ1v) is 8.07. The normalized spacial score (nSPS) is 17.3. The third-order valence-electron chi connectivity index (χ3n) is 3.61. The molecule has 1 aliphatic rings. The number of carbonyl (C=O) groups excluding carboxylic acids is 2. The van der Waals surface area contributed by atoms with Crippen LogP contribution >= 0.6 is 11.8 Å². The summed E-state index contributed by atoms with van der Waals surface area (Å²) in [7, 11) is 1.52. The lowest BCUT2D eigenvalue weighted by molar-refractivity contribution is -0.115. The van der Waals surface area contributed by atoms with Gasteiger partial charge >= 0.3 is 0 Å². The Labute approximate surface area is 137 Å². The second-order valence-corrected chi connectivity index (χ2v) is 6.05. The summed E-state index contributed by atoms with van der Waals surface area (Å²) in [6.07, 6.45) is 0. The fraction of sp³-hybridized carbons (Fsp3) is 0.176. The molecule has 1 amide bonds. The van der Waals surface area contributed by atoms with E-state index < -0.39 is 5.37 Å². The Morgan fingerprint density at radius 2 is 1.91 bits per heavy atom. The molecule has 1 fully saturated rings. The predicted octanol–water partition coefficient (Wildman–Crippen LogP) is 2.69.